The van der Waals surface area contributed by atoms with Crippen LogP contribution < -0.4 is 11.2 Å². The lowest BCUT2D eigenvalue weighted by Gasteiger charge is -2.02. The van der Waals surface area contributed by atoms with Crippen molar-refractivity contribution in [2.75, 3.05) is 0 Å². The monoisotopic (exact) mass is 384 g/mol. The van der Waals surface area contributed by atoms with E-state index in [0.717, 1.165) is 11.6 Å². The fourth-order valence-corrected chi connectivity index (χ4v) is 2.54. The summed E-state index contributed by atoms with van der Waals surface area (Å²) in [5.74, 6) is 0.617. The Labute approximate surface area is 155 Å². The standard InChI is InChI=1S/C17H12N4O7/c1-9-2-3-10(20(24)25)8-12(9)14-7-5-11(28-14)4-6-13-15(21(26)27)16(22)19-17(23)18-13/h2-8H,1H3,(H2,18,19,22,23)/b6-4+. The summed E-state index contributed by atoms with van der Waals surface area (Å²) in [6.07, 6.45) is 2.49. The second kappa shape index (κ2) is 7.15. The summed E-state index contributed by atoms with van der Waals surface area (Å²) in [5.41, 5.74) is -1.93. The lowest BCUT2D eigenvalue weighted by molar-refractivity contribution is -0.386. The zero-order chi connectivity index (χ0) is 20.4. The van der Waals surface area contributed by atoms with Gasteiger partial charge in [-0.15, -0.1) is 0 Å². The van der Waals surface area contributed by atoms with Gasteiger partial charge in [0.2, 0.25) is 0 Å². The van der Waals surface area contributed by atoms with E-state index in [0.29, 0.717) is 11.3 Å². The highest BCUT2D eigenvalue weighted by atomic mass is 16.6. The van der Waals surface area contributed by atoms with Crippen molar-refractivity contribution in [3.05, 3.63) is 88.4 Å². The van der Waals surface area contributed by atoms with Crippen LogP contribution in [0.25, 0.3) is 23.5 Å². The number of non-ortho nitro benzene ring substituents is 1. The predicted octanol–water partition coefficient (Wildman–Crippen LogP) is 2.62. The molecule has 0 aliphatic heterocycles. The van der Waals surface area contributed by atoms with E-state index in [2.05, 4.69) is 4.98 Å². The average Bonchev–Trinajstić information content (AvgIpc) is 3.07. The van der Waals surface area contributed by atoms with Gasteiger partial charge in [-0.3, -0.25) is 30.0 Å². The molecule has 0 aliphatic carbocycles. The molecule has 0 fully saturated rings. The fraction of sp³-hybridized carbons (Fsp3) is 0.0588. The fourth-order valence-electron chi connectivity index (χ4n) is 2.54. The Morgan fingerprint density at radius 3 is 2.43 bits per heavy atom. The highest BCUT2D eigenvalue weighted by Crippen LogP contribution is 2.29. The molecule has 3 rings (SSSR count). The van der Waals surface area contributed by atoms with E-state index < -0.39 is 26.8 Å². The Hall–Kier alpha value is -4.28. The molecule has 1 aromatic carbocycles. The normalized spacial score (nSPS) is 11.0. The molecule has 28 heavy (non-hydrogen) atoms. The van der Waals surface area contributed by atoms with Gasteiger partial charge < -0.3 is 9.40 Å². The van der Waals surface area contributed by atoms with Crippen molar-refractivity contribution >= 4 is 23.5 Å². The number of nitrogens with zero attached hydrogens (tertiary/aromatic N) is 2. The summed E-state index contributed by atoms with van der Waals surface area (Å²) in [6, 6.07) is 7.48. The lowest BCUT2D eigenvalue weighted by atomic mass is 10.1. The molecule has 2 aromatic heterocycles. The highest BCUT2D eigenvalue weighted by Gasteiger charge is 2.19. The minimum atomic E-state index is -1.12. The van der Waals surface area contributed by atoms with Crippen molar-refractivity contribution in [1.82, 2.24) is 9.97 Å². The molecule has 2 N–H and O–H groups in total. The van der Waals surface area contributed by atoms with Crippen LogP contribution in [0, 0.1) is 27.2 Å². The third-order valence-electron chi connectivity index (χ3n) is 3.87. The second-order valence-electron chi connectivity index (χ2n) is 5.72. The molecule has 11 nitrogen and oxygen atoms in total. The number of benzene rings is 1. The van der Waals surface area contributed by atoms with Crippen molar-refractivity contribution in [3.63, 3.8) is 0 Å². The van der Waals surface area contributed by atoms with Gasteiger partial charge in [-0.25, -0.2) is 4.79 Å². The van der Waals surface area contributed by atoms with Crippen molar-refractivity contribution in [1.29, 1.82) is 0 Å². The molecule has 3 aromatic rings. The predicted molar refractivity (Wildman–Crippen MR) is 98.8 cm³/mol. The molecule has 0 bridgehead atoms. The molecule has 0 amide bonds. The van der Waals surface area contributed by atoms with E-state index in [4.69, 9.17) is 4.42 Å². The lowest BCUT2D eigenvalue weighted by Crippen LogP contribution is -2.25. The first kappa shape index (κ1) is 18.5. The number of rotatable bonds is 5. The minimum Gasteiger partial charge on any atom is -0.457 e. The summed E-state index contributed by atoms with van der Waals surface area (Å²) in [4.78, 5) is 47.5. The van der Waals surface area contributed by atoms with E-state index in [-0.39, 0.29) is 17.1 Å². The van der Waals surface area contributed by atoms with Gasteiger partial charge >= 0.3 is 16.9 Å². The van der Waals surface area contributed by atoms with E-state index in [1.54, 1.807) is 30.1 Å². The first-order chi connectivity index (χ1) is 13.3. The van der Waals surface area contributed by atoms with Crippen LogP contribution in [0.5, 0.6) is 0 Å². The van der Waals surface area contributed by atoms with Crippen LogP contribution in [-0.4, -0.2) is 19.8 Å². The Morgan fingerprint density at radius 2 is 1.75 bits per heavy atom. The van der Waals surface area contributed by atoms with Crippen molar-refractivity contribution < 1.29 is 14.3 Å². The minimum absolute atomic E-state index is 0.0918. The molecule has 2 heterocycles. The first-order valence-corrected chi connectivity index (χ1v) is 7.80. The summed E-state index contributed by atoms with van der Waals surface area (Å²) in [5, 5.41) is 22.0. The van der Waals surface area contributed by atoms with Crippen molar-refractivity contribution in [2.45, 2.75) is 6.92 Å². The van der Waals surface area contributed by atoms with Gasteiger partial charge in [-0.2, -0.15) is 0 Å². The molecule has 0 unspecified atom stereocenters. The molecule has 0 atom stereocenters. The number of aryl methyl sites for hydroxylation is 1. The maximum Gasteiger partial charge on any atom is 0.357 e. The number of hydrogen-bond acceptors (Lipinski definition) is 7. The first-order valence-electron chi connectivity index (χ1n) is 7.80. The third kappa shape index (κ3) is 3.62. The number of nitro groups is 2. The molecule has 0 saturated heterocycles. The Kier molecular flexibility index (Phi) is 4.73. The van der Waals surface area contributed by atoms with Crippen LogP contribution in [-0.2, 0) is 0 Å². The van der Waals surface area contributed by atoms with E-state index in [1.807, 2.05) is 0 Å². The number of hydrogen-bond donors (Lipinski definition) is 2. The van der Waals surface area contributed by atoms with Crippen LogP contribution in [0.4, 0.5) is 11.4 Å². The maximum atomic E-state index is 11.6. The van der Waals surface area contributed by atoms with E-state index >= 15 is 0 Å². The molecule has 0 saturated carbocycles. The van der Waals surface area contributed by atoms with Crippen LogP contribution in [0.3, 0.4) is 0 Å². The van der Waals surface area contributed by atoms with Gasteiger partial charge in [0.15, 0.2) is 0 Å². The zero-order valence-electron chi connectivity index (χ0n) is 14.3. The number of nitrogens with one attached hydrogen (secondary N) is 2. The van der Waals surface area contributed by atoms with Crippen LogP contribution in [0.1, 0.15) is 17.0 Å². The Morgan fingerprint density at radius 1 is 1.00 bits per heavy atom. The summed E-state index contributed by atoms with van der Waals surface area (Å²) >= 11 is 0. The topological polar surface area (TPSA) is 165 Å². The number of aromatic amines is 2. The zero-order valence-corrected chi connectivity index (χ0v) is 14.3. The quantitative estimate of drug-likeness (QED) is 0.504. The molecule has 11 heteroatoms. The van der Waals surface area contributed by atoms with Gasteiger partial charge in [-0.05, 0) is 36.8 Å². The van der Waals surface area contributed by atoms with E-state index in [1.165, 1.54) is 18.2 Å². The molecule has 0 radical (unpaired) electrons. The number of nitro benzene ring substituents is 1. The van der Waals surface area contributed by atoms with E-state index in [9.17, 15) is 29.8 Å². The average molecular weight is 384 g/mol. The van der Waals surface area contributed by atoms with Gasteiger partial charge in [0.05, 0.1) is 9.85 Å². The van der Waals surface area contributed by atoms with Gasteiger partial charge in [0.25, 0.3) is 5.69 Å². The van der Waals surface area contributed by atoms with Crippen molar-refractivity contribution in [2.24, 2.45) is 0 Å². The Balaban J connectivity index is 1.98. The summed E-state index contributed by atoms with van der Waals surface area (Å²) in [7, 11) is 0. The van der Waals surface area contributed by atoms with Gasteiger partial charge in [0, 0.05) is 17.7 Å². The van der Waals surface area contributed by atoms with Gasteiger partial charge in [-0.1, -0.05) is 6.07 Å². The number of furan rings is 1. The summed E-state index contributed by atoms with van der Waals surface area (Å²) < 4.78 is 5.61. The molecular formula is C17H12N4O7. The third-order valence-corrected chi connectivity index (χ3v) is 3.87. The largest absolute Gasteiger partial charge is 0.457 e. The van der Waals surface area contributed by atoms with Crippen molar-refractivity contribution in [3.8, 4) is 11.3 Å². The molecule has 0 aliphatic rings. The molecule has 0 spiro atoms. The Bertz CT molecular complexity index is 1230. The van der Waals surface area contributed by atoms with Crippen LogP contribution in [0.2, 0.25) is 0 Å². The highest BCUT2D eigenvalue weighted by molar-refractivity contribution is 5.72. The second-order valence-corrected chi connectivity index (χ2v) is 5.72. The number of aromatic nitrogens is 2. The number of H-pyrrole nitrogens is 2. The van der Waals surface area contributed by atoms with Gasteiger partial charge in [0.1, 0.15) is 17.2 Å². The molecule has 142 valence electrons. The SMILES string of the molecule is Cc1ccc([N+](=O)[O-])cc1-c1ccc(/C=C/c2[nH]c(=O)[nH]c(=O)c2[N+](=O)[O-])o1. The maximum absolute atomic E-state index is 11.6. The van der Waals surface area contributed by atoms with Crippen LogP contribution >= 0.6 is 0 Å². The smallest absolute Gasteiger partial charge is 0.357 e. The van der Waals surface area contributed by atoms with Crippen LogP contribution in [0.15, 0.2) is 44.3 Å². The molecular weight excluding hydrogens is 372 g/mol. The summed E-state index contributed by atoms with van der Waals surface area (Å²) in [6.45, 7) is 1.77.